The van der Waals surface area contributed by atoms with E-state index >= 15 is 0 Å². The quantitative estimate of drug-likeness (QED) is 0.701. The average molecular weight is 312 g/mol. The summed E-state index contributed by atoms with van der Waals surface area (Å²) in [5, 5.41) is 0. The first-order valence-corrected chi connectivity index (χ1v) is 8.17. The molecule has 1 unspecified atom stereocenters. The molecule has 24 heavy (non-hydrogen) atoms. The Bertz CT molecular complexity index is 935. The van der Waals surface area contributed by atoms with Gasteiger partial charge in [0, 0.05) is 17.7 Å². The molecule has 2 aliphatic heterocycles. The second-order valence-electron chi connectivity index (χ2n) is 6.24. The number of carbonyl (C=O) groups excluding carboxylic acids is 1. The monoisotopic (exact) mass is 312 g/mol. The fraction of sp³-hybridized carbons (Fsp3) is 0.0952. The van der Waals surface area contributed by atoms with Crippen molar-refractivity contribution in [3.8, 4) is 0 Å². The van der Waals surface area contributed by atoms with Crippen LogP contribution in [0.25, 0.3) is 0 Å². The maximum Gasteiger partial charge on any atom is 0.260 e. The minimum Gasteiger partial charge on any atom is -0.341 e. The van der Waals surface area contributed by atoms with Gasteiger partial charge in [-0.2, -0.15) is 0 Å². The van der Waals surface area contributed by atoms with Crippen LogP contribution >= 0.6 is 0 Å². The van der Waals surface area contributed by atoms with E-state index in [0.717, 1.165) is 29.0 Å². The van der Waals surface area contributed by atoms with E-state index in [1.54, 1.807) is 0 Å². The van der Waals surface area contributed by atoms with Gasteiger partial charge < -0.3 is 4.90 Å². The lowest BCUT2D eigenvalue weighted by Crippen LogP contribution is -2.33. The standard InChI is InChI=1S/C21H16N2O/c24-21-17-11-5-4-10-16(17)20-22(14-15-8-2-1-3-9-15)18-12-6-7-13-19(18)23(20)21/h1-13,20H,14H2. The van der Waals surface area contributed by atoms with Gasteiger partial charge >= 0.3 is 0 Å². The predicted molar refractivity (Wildman–Crippen MR) is 95.1 cm³/mol. The summed E-state index contributed by atoms with van der Waals surface area (Å²) < 4.78 is 0. The van der Waals surface area contributed by atoms with Crippen LogP contribution in [0.2, 0.25) is 0 Å². The third kappa shape index (κ3) is 1.75. The molecule has 1 amide bonds. The first-order valence-electron chi connectivity index (χ1n) is 8.17. The molecule has 3 heteroatoms. The van der Waals surface area contributed by atoms with Gasteiger partial charge in [0.05, 0.1) is 11.4 Å². The van der Waals surface area contributed by atoms with Crippen molar-refractivity contribution in [2.45, 2.75) is 12.7 Å². The normalized spacial score (nSPS) is 17.7. The number of nitrogens with zero attached hydrogens (tertiary/aromatic N) is 2. The van der Waals surface area contributed by atoms with Crippen molar-refractivity contribution < 1.29 is 4.79 Å². The van der Waals surface area contributed by atoms with E-state index in [4.69, 9.17) is 0 Å². The molecule has 0 N–H and O–H groups in total. The van der Waals surface area contributed by atoms with E-state index in [0.29, 0.717) is 0 Å². The topological polar surface area (TPSA) is 23.6 Å². The summed E-state index contributed by atoms with van der Waals surface area (Å²) in [6.45, 7) is 0.778. The zero-order valence-electron chi connectivity index (χ0n) is 13.1. The Morgan fingerprint density at radius 2 is 1.42 bits per heavy atom. The molecule has 0 saturated heterocycles. The van der Waals surface area contributed by atoms with Crippen molar-refractivity contribution in [2.75, 3.05) is 9.80 Å². The number of fused-ring (bicyclic) bond motifs is 5. The highest BCUT2D eigenvalue weighted by atomic mass is 16.2. The molecule has 3 aromatic rings. The fourth-order valence-electron chi connectivity index (χ4n) is 3.84. The van der Waals surface area contributed by atoms with E-state index in [1.807, 2.05) is 47.4 Å². The van der Waals surface area contributed by atoms with Crippen molar-refractivity contribution in [3.05, 3.63) is 95.6 Å². The fourth-order valence-corrected chi connectivity index (χ4v) is 3.84. The maximum absolute atomic E-state index is 12.9. The molecule has 0 bridgehead atoms. The van der Waals surface area contributed by atoms with Crippen molar-refractivity contribution in [2.24, 2.45) is 0 Å². The number of anilines is 2. The van der Waals surface area contributed by atoms with Crippen molar-refractivity contribution in [3.63, 3.8) is 0 Å². The zero-order chi connectivity index (χ0) is 16.1. The number of hydrogen-bond donors (Lipinski definition) is 0. The highest BCUT2D eigenvalue weighted by molar-refractivity contribution is 6.14. The van der Waals surface area contributed by atoms with E-state index in [9.17, 15) is 4.79 Å². The first kappa shape index (κ1) is 13.4. The molecule has 0 spiro atoms. The van der Waals surface area contributed by atoms with Crippen LogP contribution in [-0.4, -0.2) is 5.91 Å². The average Bonchev–Trinajstić information content (AvgIpc) is 3.11. The Morgan fingerprint density at radius 3 is 2.25 bits per heavy atom. The lowest BCUT2D eigenvalue weighted by Gasteiger charge is -2.27. The van der Waals surface area contributed by atoms with E-state index < -0.39 is 0 Å². The molecule has 2 heterocycles. The highest BCUT2D eigenvalue weighted by Gasteiger charge is 2.46. The minimum atomic E-state index is -0.0497. The predicted octanol–water partition coefficient (Wildman–Crippen LogP) is 4.37. The van der Waals surface area contributed by atoms with Gasteiger partial charge in [-0.05, 0) is 23.8 Å². The highest BCUT2D eigenvalue weighted by Crippen LogP contribution is 2.51. The summed E-state index contributed by atoms with van der Waals surface area (Å²) in [5.74, 6) is 0.0959. The molecule has 3 nitrogen and oxygen atoms in total. The number of benzene rings is 3. The third-order valence-corrected chi connectivity index (χ3v) is 4.87. The van der Waals surface area contributed by atoms with E-state index in [1.165, 1.54) is 5.56 Å². The minimum absolute atomic E-state index is 0.0497. The van der Waals surface area contributed by atoms with Crippen molar-refractivity contribution in [1.29, 1.82) is 0 Å². The second kappa shape index (κ2) is 4.96. The van der Waals surface area contributed by atoms with Crippen LogP contribution < -0.4 is 9.80 Å². The van der Waals surface area contributed by atoms with Gasteiger partial charge in [0.25, 0.3) is 5.91 Å². The molecule has 3 aromatic carbocycles. The Labute approximate surface area is 140 Å². The van der Waals surface area contributed by atoms with Gasteiger partial charge in [-0.3, -0.25) is 9.69 Å². The number of hydrogen-bond acceptors (Lipinski definition) is 2. The van der Waals surface area contributed by atoms with Crippen LogP contribution in [-0.2, 0) is 6.54 Å². The summed E-state index contributed by atoms with van der Waals surface area (Å²) in [6, 6.07) is 26.5. The molecular formula is C21H16N2O. The third-order valence-electron chi connectivity index (χ3n) is 4.87. The van der Waals surface area contributed by atoms with Gasteiger partial charge in [-0.25, -0.2) is 0 Å². The summed E-state index contributed by atoms with van der Waals surface area (Å²) >= 11 is 0. The van der Waals surface area contributed by atoms with Gasteiger partial charge in [0.15, 0.2) is 0 Å². The molecule has 116 valence electrons. The molecule has 2 aliphatic rings. The van der Waals surface area contributed by atoms with Crippen molar-refractivity contribution >= 4 is 17.3 Å². The summed E-state index contributed by atoms with van der Waals surface area (Å²) in [4.78, 5) is 17.2. The Kier molecular flexibility index (Phi) is 2.77. The number of amides is 1. The summed E-state index contributed by atoms with van der Waals surface area (Å²) in [6.07, 6.45) is -0.0497. The lowest BCUT2D eigenvalue weighted by atomic mass is 10.1. The number of carbonyl (C=O) groups is 1. The van der Waals surface area contributed by atoms with Gasteiger partial charge in [0.2, 0.25) is 0 Å². The lowest BCUT2D eigenvalue weighted by molar-refractivity contribution is 0.0993. The first-order chi connectivity index (χ1) is 11.8. The van der Waals surface area contributed by atoms with E-state index in [-0.39, 0.29) is 12.1 Å². The number of para-hydroxylation sites is 2. The molecule has 0 saturated carbocycles. The smallest absolute Gasteiger partial charge is 0.260 e. The molecule has 1 atom stereocenters. The van der Waals surface area contributed by atoms with E-state index in [2.05, 4.69) is 41.3 Å². The number of rotatable bonds is 2. The largest absolute Gasteiger partial charge is 0.341 e. The molecule has 5 rings (SSSR count). The Balaban J connectivity index is 1.67. The van der Waals surface area contributed by atoms with Crippen LogP contribution in [0.3, 0.4) is 0 Å². The molecule has 0 fully saturated rings. The van der Waals surface area contributed by atoms with Crippen LogP contribution in [0, 0.1) is 0 Å². The SMILES string of the molecule is O=C1c2ccccc2C2N(Cc3ccccc3)c3ccccc3N12. The molecule has 0 radical (unpaired) electrons. The van der Waals surface area contributed by atoms with Gasteiger partial charge in [-0.1, -0.05) is 60.7 Å². The van der Waals surface area contributed by atoms with Crippen molar-refractivity contribution in [1.82, 2.24) is 0 Å². The second-order valence-corrected chi connectivity index (χ2v) is 6.24. The van der Waals surface area contributed by atoms with Gasteiger partial charge in [-0.15, -0.1) is 0 Å². The summed E-state index contributed by atoms with van der Waals surface area (Å²) in [7, 11) is 0. The van der Waals surface area contributed by atoms with Crippen LogP contribution in [0.15, 0.2) is 78.9 Å². The molecule has 0 aromatic heterocycles. The van der Waals surface area contributed by atoms with Crippen LogP contribution in [0.1, 0.15) is 27.7 Å². The molecular weight excluding hydrogens is 296 g/mol. The Morgan fingerprint density at radius 1 is 0.750 bits per heavy atom. The van der Waals surface area contributed by atoms with Gasteiger partial charge in [0.1, 0.15) is 6.17 Å². The van der Waals surface area contributed by atoms with Crippen LogP contribution in [0.4, 0.5) is 11.4 Å². The molecule has 0 aliphatic carbocycles. The Hall–Kier alpha value is -3.07. The summed E-state index contributed by atoms with van der Waals surface area (Å²) in [5.41, 5.74) is 5.27. The zero-order valence-corrected chi connectivity index (χ0v) is 13.1. The van der Waals surface area contributed by atoms with Crippen LogP contribution in [0.5, 0.6) is 0 Å². The maximum atomic E-state index is 12.9.